The Morgan fingerprint density at radius 3 is 2.62 bits per heavy atom. The molecule has 3 rings (SSSR count). The van der Waals surface area contributed by atoms with Gasteiger partial charge in [0.1, 0.15) is 25.8 Å². The molecule has 26 heavy (non-hydrogen) atoms. The van der Waals surface area contributed by atoms with Gasteiger partial charge in [-0.3, -0.25) is 0 Å². The molecule has 5 heteroatoms. The fourth-order valence-electron chi connectivity index (χ4n) is 3.07. The Bertz CT molecular complexity index is 684. The molecule has 1 saturated heterocycles. The summed E-state index contributed by atoms with van der Waals surface area (Å²) in [6.07, 6.45) is 2.77. The van der Waals surface area contributed by atoms with Crippen LogP contribution >= 0.6 is 11.6 Å². The summed E-state index contributed by atoms with van der Waals surface area (Å²) in [6, 6.07) is 13.9. The standard InChI is InChI=1S/C21H26ClNO3/c1-2-24-21-12-17(13-23-14-19-4-3-11-25-19)7-10-20(21)26-15-16-5-8-18(22)9-6-16/h5-10,12,19,23H,2-4,11,13-15H2,1H3/p+1/t19-/m0/s1. The molecule has 0 unspecified atom stereocenters. The Morgan fingerprint density at radius 1 is 1.08 bits per heavy atom. The third kappa shape index (κ3) is 5.63. The minimum Gasteiger partial charge on any atom is -0.490 e. The summed E-state index contributed by atoms with van der Waals surface area (Å²) in [6.45, 7) is 5.92. The molecule has 1 atom stereocenters. The highest BCUT2D eigenvalue weighted by Gasteiger charge is 2.17. The summed E-state index contributed by atoms with van der Waals surface area (Å²) in [4.78, 5) is 0. The SMILES string of the molecule is CCOc1cc(C[NH2+]C[C@@H]2CCCO2)ccc1OCc1ccc(Cl)cc1. The number of hydrogen-bond acceptors (Lipinski definition) is 3. The van der Waals surface area contributed by atoms with Crippen molar-refractivity contribution in [2.45, 2.75) is 39.0 Å². The van der Waals surface area contributed by atoms with Crippen molar-refractivity contribution in [3.63, 3.8) is 0 Å². The van der Waals surface area contributed by atoms with Crippen LogP contribution in [0.4, 0.5) is 0 Å². The molecule has 4 nitrogen and oxygen atoms in total. The van der Waals surface area contributed by atoms with E-state index in [1.54, 1.807) is 0 Å². The molecule has 0 bridgehead atoms. The maximum absolute atomic E-state index is 5.96. The van der Waals surface area contributed by atoms with Crippen molar-refractivity contribution >= 4 is 11.6 Å². The van der Waals surface area contributed by atoms with E-state index in [0.717, 1.165) is 41.8 Å². The first-order chi connectivity index (χ1) is 12.7. The van der Waals surface area contributed by atoms with E-state index < -0.39 is 0 Å². The van der Waals surface area contributed by atoms with Gasteiger partial charge < -0.3 is 19.5 Å². The first kappa shape index (κ1) is 19.0. The molecule has 2 N–H and O–H groups in total. The molecule has 0 radical (unpaired) electrons. The molecular formula is C21H27ClNO3+. The fourth-order valence-corrected chi connectivity index (χ4v) is 3.20. The normalized spacial score (nSPS) is 16.6. The molecular weight excluding hydrogens is 350 g/mol. The van der Waals surface area contributed by atoms with Crippen LogP contribution in [0.5, 0.6) is 11.5 Å². The van der Waals surface area contributed by atoms with E-state index in [0.29, 0.717) is 19.3 Å². The van der Waals surface area contributed by atoms with Gasteiger partial charge in [0.05, 0.1) is 6.61 Å². The van der Waals surface area contributed by atoms with E-state index in [2.05, 4.69) is 17.4 Å². The molecule has 140 valence electrons. The van der Waals surface area contributed by atoms with Crippen LogP contribution in [-0.4, -0.2) is 25.9 Å². The summed E-state index contributed by atoms with van der Waals surface area (Å²) in [5.74, 6) is 1.56. The van der Waals surface area contributed by atoms with Crippen molar-refractivity contribution in [3.05, 3.63) is 58.6 Å². The molecule has 0 spiro atoms. The van der Waals surface area contributed by atoms with Gasteiger partial charge in [0.2, 0.25) is 0 Å². The summed E-state index contributed by atoms with van der Waals surface area (Å²) in [5.41, 5.74) is 2.30. The monoisotopic (exact) mass is 376 g/mol. The Balaban J connectivity index is 1.57. The van der Waals surface area contributed by atoms with Crippen LogP contribution in [0.3, 0.4) is 0 Å². The van der Waals surface area contributed by atoms with E-state index in [1.165, 1.54) is 18.4 Å². The highest BCUT2D eigenvalue weighted by atomic mass is 35.5. The van der Waals surface area contributed by atoms with Crippen LogP contribution in [0.2, 0.25) is 5.02 Å². The van der Waals surface area contributed by atoms with Gasteiger partial charge >= 0.3 is 0 Å². The lowest BCUT2D eigenvalue weighted by molar-refractivity contribution is -0.676. The quantitative estimate of drug-likeness (QED) is 0.727. The van der Waals surface area contributed by atoms with E-state index in [9.17, 15) is 0 Å². The second kappa shape index (κ2) is 9.81. The highest BCUT2D eigenvalue weighted by Crippen LogP contribution is 2.29. The average molecular weight is 377 g/mol. The number of ether oxygens (including phenoxy) is 3. The topological polar surface area (TPSA) is 44.3 Å². The molecule has 2 aromatic rings. The van der Waals surface area contributed by atoms with Crippen LogP contribution in [0, 0.1) is 0 Å². The lowest BCUT2D eigenvalue weighted by atomic mass is 10.2. The minimum atomic E-state index is 0.406. The summed E-state index contributed by atoms with van der Waals surface area (Å²) < 4.78 is 17.4. The number of rotatable bonds is 9. The van der Waals surface area contributed by atoms with E-state index in [4.69, 9.17) is 25.8 Å². The number of nitrogens with two attached hydrogens (primary N) is 1. The van der Waals surface area contributed by atoms with Crippen LogP contribution in [-0.2, 0) is 17.9 Å². The molecule has 1 fully saturated rings. The number of benzene rings is 2. The predicted molar refractivity (Wildman–Crippen MR) is 103 cm³/mol. The maximum Gasteiger partial charge on any atom is 0.161 e. The van der Waals surface area contributed by atoms with Gasteiger partial charge in [0.15, 0.2) is 11.5 Å². The average Bonchev–Trinajstić information content (AvgIpc) is 3.16. The van der Waals surface area contributed by atoms with Gasteiger partial charge in [-0.2, -0.15) is 0 Å². The second-order valence-electron chi connectivity index (χ2n) is 6.49. The minimum absolute atomic E-state index is 0.406. The van der Waals surface area contributed by atoms with Crippen molar-refractivity contribution in [3.8, 4) is 11.5 Å². The molecule has 0 aliphatic carbocycles. The van der Waals surface area contributed by atoms with Crippen molar-refractivity contribution in [1.82, 2.24) is 0 Å². The van der Waals surface area contributed by atoms with Gasteiger partial charge in [-0.1, -0.05) is 23.7 Å². The zero-order valence-corrected chi connectivity index (χ0v) is 16.0. The van der Waals surface area contributed by atoms with Crippen molar-refractivity contribution < 1.29 is 19.5 Å². The predicted octanol–water partition coefficient (Wildman–Crippen LogP) is 3.56. The molecule has 2 aromatic carbocycles. The number of halogens is 1. The molecule has 0 saturated carbocycles. The van der Waals surface area contributed by atoms with Crippen LogP contribution in [0.25, 0.3) is 0 Å². The maximum atomic E-state index is 5.96. The van der Waals surface area contributed by atoms with Gasteiger partial charge in [-0.25, -0.2) is 0 Å². The van der Waals surface area contributed by atoms with Crippen molar-refractivity contribution in [2.24, 2.45) is 0 Å². The summed E-state index contributed by atoms with van der Waals surface area (Å²) >= 11 is 5.92. The lowest BCUT2D eigenvalue weighted by Gasteiger charge is -2.14. The molecule has 1 aliphatic rings. The zero-order chi connectivity index (χ0) is 18.2. The third-order valence-electron chi connectivity index (χ3n) is 4.45. The Hall–Kier alpha value is -1.75. The van der Waals surface area contributed by atoms with Gasteiger partial charge in [-0.15, -0.1) is 0 Å². The van der Waals surface area contributed by atoms with Crippen LogP contribution in [0.1, 0.15) is 30.9 Å². The fraction of sp³-hybridized carbons (Fsp3) is 0.429. The van der Waals surface area contributed by atoms with E-state index in [-0.39, 0.29) is 0 Å². The first-order valence-electron chi connectivity index (χ1n) is 9.31. The summed E-state index contributed by atoms with van der Waals surface area (Å²) in [7, 11) is 0. The molecule has 1 heterocycles. The molecule has 1 aliphatic heterocycles. The van der Waals surface area contributed by atoms with Gasteiger partial charge in [0, 0.05) is 17.2 Å². The van der Waals surface area contributed by atoms with Crippen LogP contribution < -0.4 is 14.8 Å². The zero-order valence-electron chi connectivity index (χ0n) is 15.2. The highest BCUT2D eigenvalue weighted by molar-refractivity contribution is 6.30. The Kier molecular flexibility index (Phi) is 7.18. The smallest absolute Gasteiger partial charge is 0.161 e. The van der Waals surface area contributed by atoms with Gasteiger partial charge in [-0.05, 0) is 55.7 Å². The van der Waals surface area contributed by atoms with E-state index in [1.807, 2.05) is 37.3 Å². The Morgan fingerprint density at radius 2 is 1.88 bits per heavy atom. The summed E-state index contributed by atoms with van der Waals surface area (Å²) in [5, 5.41) is 3.03. The number of quaternary nitrogens is 1. The third-order valence-corrected chi connectivity index (χ3v) is 4.70. The Labute approximate surface area is 160 Å². The first-order valence-corrected chi connectivity index (χ1v) is 9.68. The number of hydrogen-bond donors (Lipinski definition) is 1. The second-order valence-corrected chi connectivity index (χ2v) is 6.93. The van der Waals surface area contributed by atoms with E-state index >= 15 is 0 Å². The lowest BCUT2D eigenvalue weighted by Crippen LogP contribution is -2.84. The van der Waals surface area contributed by atoms with Gasteiger partial charge in [0.25, 0.3) is 0 Å². The van der Waals surface area contributed by atoms with Crippen LogP contribution in [0.15, 0.2) is 42.5 Å². The molecule has 0 aromatic heterocycles. The van der Waals surface area contributed by atoms with Crippen molar-refractivity contribution in [1.29, 1.82) is 0 Å². The van der Waals surface area contributed by atoms with Crippen molar-refractivity contribution in [2.75, 3.05) is 19.8 Å². The molecule has 0 amide bonds. The largest absolute Gasteiger partial charge is 0.490 e.